The summed E-state index contributed by atoms with van der Waals surface area (Å²) in [5, 5.41) is 4.82. The van der Waals surface area contributed by atoms with Crippen LogP contribution in [0.5, 0.6) is 0 Å². The number of benzene rings is 1. The minimum atomic E-state index is 0.502. The Bertz CT molecular complexity index is 462. The van der Waals surface area contributed by atoms with Gasteiger partial charge in [-0.25, -0.2) is 4.68 Å². The highest BCUT2D eigenvalue weighted by atomic mass is 35.5. The fourth-order valence-corrected chi connectivity index (χ4v) is 1.38. The van der Waals surface area contributed by atoms with Crippen LogP contribution in [0.4, 0.5) is 5.82 Å². The molecular formula is C10H10ClN3. The van der Waals surface area contributed by atoms with Gasteiger partial charge in [0.2, 0.25) is 0 Å². The minimum Gasteiger partial charge on any atom is -0.382 e. The lowest BCUT2D eigenvalue weighted by Gasteiger charge is -2.03. The summed E-state index contributed by atoms with van der Waals surface area (Å²) in [6.45, 7) is 1.96. The van der Waals surface area contributed by atoms with Crippen molar-refractivity contribution in [2.75, 3.05) is 5.73 Å². The van der Waals surface area contributed by atoms with Crippen LogP contribution in [0.15, 0.2) is 30.5 Å². The maximum Gasteiger partial charge on any atom is 0.145 e. The first-order valence-corrected chi connectivity index (χ1v) is 4.62. The zero-order valence-electron chi connectivity index (χ0n) is 7.74. The summed E-state index contributed by atoms with van der Waals surface area (Å²) in [6.07, 6.45) is 1.80. The molecule has 0 saturated heterocycles. The van der Waals surface area contributed by atoms with Crippen LogP contribution in [0.3, 0.4) is 0 Å². The lowest BCUT2D eigenvalue weighted by molar-refractivity contribution is 0.885. The largest absolute Gasteiger partial charge is 0.382 e. The Kier molecular flexibility index (Phi) is 2.17. The molecule has 0 spiro atoms. The molecule has 0 atom stereocenters. The Labute approximate surface area is 87.1 Å². The van der Waals surface area contributed by atoms with Crippen molar-refractivity contribution in [1.29, 1.82) is 0 Å². The van der Waals surface area contributed by atoms with Crippen molar-refractivity contribution in [3.63, 3.8) is 0 Å². The zero-order chi connectivity index (χ0) is 10.1. The van der Waals surface area contributed by atoms with Crippen LogP contribution in [0.25, 0.3) is 5.69 Å². The molecule has 2 N–H and O–H groups in total. The number of anilines is 1. The number of nitrogens with two attached hydrogens (primary N) is 1. The van der Waals surface area contributed by atoms with E-state index in [1.54, 1.807) is 16.9 Å². The third-order valence-corrected chi connectivity index (χ3v) is 2.44. The second-order valence-electron chi connectivity index (χ2n) is 3.12. The molecule has 0 saturated carbocycles. The normalized spacial score (nSPS) is 10.4. The second kappa shape index (κ2) is 3.35. The standard InChI is InChI=1S/C10H10ClN3/c1-7-2-3-8(6-9(7)11)14-5-4-10(12)13-14/h2-6H,1H3,(H2,12,13). The van der Waals surface area contributed by atoms with Gasteiger partial charge < -0.3 is 5.73 Å². The molecule has 1 aromatic carbocycles. The maximum absolute atomic E-state index is 6.00. The van der Waals surface area contributed by atoms with Crippen LogP contribution in [-0.4, -0.2) is 9.78 Å². The molecule has 0 radical (unpaired) electrons. The van der Waals surface area contributed by atoms with Crippen molar-refractivity contribution in [3.8, 4) is 5.69 Å². The molecule has 1 aromatic heterocycles. The minimum absolute atomic E-state index is 0.502. The molecule has 2 aromatic rings. The molecule has 0 aliphatic rings. The number of rotatable bonds is 1. The first kappa shape index (κ1) is 9.09. The van der Waals surface area contributed by atoms with E-state index in [1.165, 1.54) is 0 Å². The molecule has 0 aliphatic carbocycles. The summed E-state index contributed by atoms with van der Waals surface area (Å²) in [4.78, 5) is 0. The number of nitrogens with zero attached hydrogens (tertiary/aromatic N) is 2. The van der Waals surface area contributed by atoms with Gasteiger partial charge in [-0.1, -0.05) is 17.7 Å². The Hall–Kier alpha value is -1.48. The lowest BCUT2D eigenvalue weighted by Crippen LogP contribution is -1.96. The van der Waals surface area contributed by atoms with E-state index in [1.807, 2.05) is 25.1 Å². The summed E-state index contributed by atoms with van der Waals surface area (Å²) >= 11 is 6.00. The molecule has 0 fully saturated rings. The molecule has 0 amide bonds. The van der Waals surface area contributed by atoms with Gasteiger partial charge >= 0.3 is 0 Å². The van der Waals surface area contributed by atoms with Crippen LogP contribution in [0, 0.1) is 6.92 Å². The smallest absolute Gasteiger partial charge is 0.145 e. The van der Waals surface area contributed by atoms with Crippen LogP contribution < -0.4 is 5.73 Å². The quantitative estimate of drug-likeness (QED) is 0.781. The van der Waals surface area contributed by atoms with Crippen LogP contribution in [0.2, 0.25) is 5.02 Å². The monoisotopic (exact) mass is 207 g/mol. The van der Waals surface area contributed by atoms with E-state index in [-0.39, 0.29) is 0 Å². The van der Waals surface area contributed by atoms with Gasteiger partial charge in [-0.2, -0.15) is 5.10 Å². The molecule has 14 heavy (non-hydrogen) atoms. The van der Waals surface area contributed by atoms with Gasteiger partial charge in [0.05, 0.1) is 5.69 Å². The Balaban J connectivity index is 2.47. The molecule has 1 heterocycles. The molecule has 0 unspecified atom stereocenters. The average molecular weight is 208 g/mol. The molecular weight excluding hydrogens is 198 g/mol. The van der Waals surface area contributed by atoms with Crippen molar-refractivity contribution >= 4 is 17.4 Å². The van der Waals surface area contributed by atoms with E-state index in [0.29, 0.717) is 5.82 Å². The number of nitrogen functional groups attached to an aromatic ring is 1. The molecule has 4 heteroatoms. The van der Waals surface area contributed by atoms with Gasteiger partial charge in [-0.05, 0) is 24.6 Å². The topological polar surface area (TPSA) is 43.8 Å². The SMILES string of the molecule is Cc1ccc(-n2ccc(N)n2)cc1Cl. The molecule has 2 rings (SSSR count). The summed E-state index contributed by atoms with van der Waals surface area (Å²) < 4.78 is 1.70. The molecule has 0 aliphatic heterocycles. The van der Waals surface area contributed by atoms with Crippen LogP contribution in [0.1, 0.15) is 5.56 Å². The van der Waals surface area contributed by atoms with E-state index in [9.17, 15) is 0 Å². The predicted octanol–water partition coefficient (Wildman–Crippen LogP) is 2.42. The van der Waals surface area contributed by atoms with Crippen molar-refractivity contribution in [3.05, 3.63) is 41.0 Å². The molecule has 3 nitrogen and oxygen atoms in total. The number of aromatic nitrogens is 2. The van der Waals surface area contributed by atoms with E-state index in [2.05, 4.69) is 5.10 Å². The third-order valence-electron chi connectivity index (χ3n) is 2.03. The first-order chi connectivity index (χ1) is 6.66. The summed E-state index contributed by atoms with van der Waals surface area (Å²) in [7, 11) is 0. The fraction of sp³-hybridized carbons (Fsp3) is 0.100. The predicted molar refractivity (Wildman–Crippen MR) is 57.7 cm³/mol. The summed E-state index contributed by atoms with van der Waals surface area (Å²) in [5.41, 5.74) is 7.48. The van der Waals surface area contributed by atoms with Crippen LogP contribution in [-0.2, 0) is 0 Å². The summed E-state index contributed by atoms with van der Waals surface area (Å²) in [6, 6.07) is 7.51. The summed E-state index contributed by atoms with van der Waals surface area (Å²) in [5.74, 6) is 0.502. The Morgan fingerprint density at radius 3 is 2.71 bits per heavy atom. The fourth-order valence-electron chi connectivity index (χ4n) is 1.21. The Morgan fingerprint density at radius 2 is 2.14 bits per heavy atom. The van der Waals surface area contributed by atoms with Gasteiger partial charge in [0.1, 0.15) is 5.82 Å². The van der Waals surface area contributed by atoms with E-state index in [0.717, 1.165) is 16.3 Å². The van der Waals surface area contributed by atoms with Gasteiger partial charge in [0.25, 0.3) is 0 Å². The number of halogens is 1. The van der Waals surface area contributed by atoms with Gasteiger partial charge in [0, 0.05) is 17.3 Å². The van der Waals surface area contributed by atoms with Crippen LogP contribution >= 0.6 is 11.6 Å². The highest BCUT2D eigenvalue weighted by Crippen LogP contribution is 2.19. The van der Waals surface area contributed by atoms with Crippen molar-refractivity contribution in [2.24, 2.45) is 0 Å². The van der Waals surface area contributed by atoms with E-state index < -0.39 is 0 Å². The van der Waals surface area contributed by atoms with Gasteiger partial charge in [-0.15, -0.1) is 0 Å². The van der Waals surface area contributed by atoms with Crippen molar-refractivity contribution in [2.45, 2.75) is 6.92 Å². The zero-order valence-corrected chi connectivity index (χ0v) is 8.49. The van der Waals surface area contributed by atoms with Gasteiger partial charge in [-0.3, -0.25) is 0 Å². The lowest BCUT2D eigenvalue weighted by atomic mass is 10.2. The number of hydrogen-bond acceptors (Lipinski definition) is 2. The first-order valence-electron chi connectivity index (χ1n) is 4.24. The highest BCUT2D eigenvalue weighted by Gasteiger charge is 2.00. The number of aryl methyl sites for hydroxylation is 1. The molecule has 72 valence electrons. The number of hydrogen-bond donors (Lipinski definition) is 1. The Morgan fingerprint density at radius 1 is 1.36 bits per heavy atom. The van der Waals surface area contributed by atoms with Gasteiger partial charge in [0.15, 0.2) is 0 Å². The van der Waals surface area contributed by atoms with E-state index in [4.69, 9.17) is 17.3 Å². The second-order valence-corrected chi connectivity index (χ2v) is 3.53. The van der Waals surface area contributed by atoms with Crippen molar-refractivity contribution in [1.82, 2.24) is 9.78 Å². The molecule has 0 bridgehead atoms. The highest BCUT2D eigenvalue weighted by molar-refractivity contribution is 6.31. The maximum atomic E-state index is 6.00. The average Bonchev–Trinajstić information content (AvgIpc) is 2.57. The third kappa shape index (κ3) is 1.59. The van der Waals surface area contributed by atoms with E-state index >= 15 is 0 Å². The van der Waals surface area contributed by atoms with Crippen molar-refractivity contribution < 1.29 is 0 Å².